The molecule has 1 saturated heterocycles. The highest BCUT2D eigenvalue weighted by atomic mass is 19.4. The van der Waals surface area contributed by atoms with Gasteiger partial charge in [0.05, 0.1) is 6.54 Å². The molecule has 0 bridgehead atoms. The fourth-order valence-corrected chi connectivity index (χ4v) is 3.21. The standard InChI is InChI=1S/C16H26F3N3/c1-15(2,3)13-5-4-8-21(9-6-13)11-14-20-7-10-22(14)12-16(17,18)19/h7,10,13H,4-6,8-9,11-12H2,1-3H3/t13-/m0/s1. The molecule has 22 heavy (non-hydrogen) atoms. The van der Waals surface area contributed by atoms with E-state index < -0.39 is 12.7 Å². The smallest absolute Gasteiger partial charge is 0.325 e. The van der Waals surface area contributed by atoms with Crippen LogP contribution in [0, 0.1) is 11.3 Å². The van der Waals surface area contributed by atoms with Crippen molar-refractivity contribution in [3.63, 3.8) is 0 Å². The van der Waals surface area contributed by atoms with Crippen LogP contribution < -0.4 is 0 Å². The molecule has 0 N–H and O–H groups in total. The van der Waals surface area contributed by atoms with Crippen LogP contribution in [0.4, 0.5) is 13.2 Å². The van der Waals surface area contributed by atoms with E-state index in [0.717, 1.165) is 25.9 Å². The Morgan fingerprint density at radius 1 is 1.18 bits per heavy atom. The van der Waals surface area contributed by atoms with Crippen molar-refractivity contribution in [1.82, 2.24) is 14.5 Å². The van der Waals surface area contributed by atoms with Crippen LogP contribution >= 0.6 is 0 Å². The molecule has 1 fully saturated rings. The van der Waals surface area contributed by atoms with Gasteiger partial charge < -0.3 is 4.57 Å². The van der Waals surface area contributed by atoms with E-state index in [1.807, 2.05) is 0 Å². The van der Waals surface area contributed by atoms with E-state index in [9.17, 15) is 13.2 Å². The number of hydrogen-bond acceptors (Lipinski definition) is 2. The number of aromatic nitrogens is 2. The van der Waals surface area contributed by atoms with Crippen molar-refractivity contribution in [3.05, 3.63) is 18.2 Å². The van der Waals surface area contributed by atoms with Gasteiger partial charge in [-0.2, -0.15) is 13.2 Å². The highest BCUT2D eigenvalue weighted by Crippen LogP contribution is 2.34. The van der Waals surface area contributed by atoms with Gasteiger partial charge in [0.1, 0.15) is 12.4 Å². The zero-order valence-corrected chi connectivity index (χ0v) is 13.7. The van der Waals surface area contributed by atoms with Gasteiger partial charge in [-0.05, 0) is 43.7 Å². The fourth-order valence-electron chi connectivity index (χ4n) is 3.21. The summed E-state index contributed by atoms with van der Waals surface area (Å²) in [6.45, 7) is 8.21. The minimum absolute atomic E-state index is 0.296. The van der Waals surface area contributed by atoms with Crippen molar-refractivity contribution >= 4 is 0 Å². The average Bonchev–Trinajstić information content (AvgIpc) is 2.63. The molecular weight excluding hydrogens is 291 g/mol. The molecule has 2 rings (SSSR count). The largest absolute Gasteiger partial charge is 0.406 e. The van der Waals surface area contributed by atoms with Crippen LogP contribution in [0.25, 0.3) is 0 Å². The Morgan fingerprint density at radius 2 is 1.91 bits per heavy atom. The predicted molar refractivity (Wildman–Crippen MR) is 80.4 cm³/mol. The van der Waals surface area contributed by atoms with Gasteiger partial charge in [-0.3, -0.25) is 4.90 Å². The van der Waals surface area contributed by atoms with Crippen molar-refractivity contribution in [3.8, 4) is 0 Å². The molecule has 2 heterocycles. The van der Waals surface area contributed by atoms with E-state index >= 15 is 0 Å². The molecule has 1 aromatic heterocycles. The summed E-state index contributed by atoms with van der Waals surface area (Å²) in [7, 11) is 0. The SMILES string of the molecule is CC(C)(C)[C@H]1CCCN(Cc2nccn2CC(F)(F)F)CC1. The molecule has 1 aliphatic rings. The van der Waals surface area contributed by atoms with Gasteiger partial charge in [0, 0.05) is 12.4 Å². The lowest BCUT2D eigenvalue weighted by atomic mass is 9.77. The molecule has 0 aliphatic carbocycles. The quantitative estimate of drug-likeness (QED) is 0.837. The summed E-state index contributed by atoms with van der Waals surface area (Å²) in [5.74, 6) is 1.18. The number of likely N-dealkylation sites (tertiary alicyclic amines) is 1. The van der Waals surface area contributed by atoms with Crippen LogP contribution in [0.1, 0.15) is 45.9 Å². The summed E-state index contributed by atoms with van der Waals surface area (Å²) >= 11 is 0. The molecule has 3 nitrogen and oxygen atoms in total. The average molecular weight is 317 g/mol. The van der Waals surface area contributed by atoms with E-state index in [2.05, 4.69) is 30.7 Å². The van der Waals surface area contributed by atoms with Crippen molar-refractivity contribution in [2.75, 3.05) is 13.1 Å². The molecule has 0 radical (unpaired) electrons. The first kappa shape index (κ1) is 17.3. The molecule has 6 heteroatoms. The predicted octanol–water partition coefficient (Wildman–Crippen LogP) is 4.09. The van der Waals surface area contributed by atoms with Crippen LogP contribution in [0.2, 0.25) is 0 Å². The summed E-state index contributed by atoms with van der Waals surface area (Å²) in [4.78, 5) is 6.35. The third-order valence-electron chi connectivity index (χ3n) is 4.56. The normalized spacial score (nSPS) is 21.8. The maximum atomic E-state index is 12.6. The molecule has 126 valence electrons. The lowest BCUT2D eigenvalue weighted by Crippen LogP contribution is -2.28. The highest BCUT2D eigenvalue weighted by Gasteiger charge is 2.30. The zero-order valence-electron chi connectivity index (χ0n) is 13.7. The van der Waals surface area contributed by atoms with Gasteiger partial charge in [-0.25, -0.2) is 4.98 Å². The summed E-state index contributed by atoms with van der Waals surface area (Å²) in [6, 6.07) is 0. The van der Waals surface area contributed by atoms with Gasteiger partial charge in [-0.15, -0.1) is 0 Å². The number of halogens is 3. The third-order valence-corrected chi connectivity index (χ3v) is 4.56. The number of nitrogens with zero attached hydrogens (tertiary/aromatic N) is 3. The van der Waals surface area contributed by atoms with Crippen LogP contribution in [-0.4, -0.2) is 33.7 Å². The van der Waals surface area contributed by atoms with E-state index in [0.29, 0.717) is 23.7 Å². The molecular formula is C16H26F3N3. The number of hydrogen-bond donors (Lipinski definition) is 0. The Hall–Kier alpha value is -1.04. The minimum atomic E-state index is -4.20. The van der Waals surface area contributed by atoms with E-state index in [1.165, 1.54) is 23.4 Å². The monoisotopic (exact) mass is 317 g/mol. The van der Waals surface area contributed by atoms with Crippen molar-refractivity contribution in [2.24, 2.45) is 11.3 Å². The fraction of sp³-hybridized carbons (Fsp3) is 0.812. The molecule has 0 amide bonds. The third kappa shape index (κ3) is 5.00. The van der Waals surface area contributed by atoms with Crippen LogP contribution in [-0.2, 0) is 13.1 Å². The summed E-state index contributed by atoms with van der Waals surface area (Å²) in [5.41, 5.74) is 0.296. The minimum Gasteiger partial charge on any atom is -0.325 e. The molecule has 1 atom stereocenters. The Bertz CT molecular complexity index is 474. The van der Waals surface area contributed by atoms with Crippen LogP contribution in [0.15, 0.2) is 12.4 Å². The van der Waals surface area contributed by atoms with Gasteiger partial charge in [0.15, 0.2) is 0 Å². The lowest BCUT2D eigenvalue weighted by molar-refractivity contribution is -0.141. The van der Waals surface area contributed by atoms with Crippen molar-refractivity contribution in [1.29, 1.82) is 0 Å². The number of rotatable bonds is 3. The topological polar surface area (TPSA) is 21.1 Å². The van der Waals surface area contributed by atoms with E-state index in [4.69, 9.17) is 0 Å². The lowest BCUT2D eigenvalue weighted by Gasteiger charge is -2.29. The number of imidazole rings is 1. The first-order valence-corrected chi connectivity index (χ1v) is 7.94. The maximum absolute atomic E-state index is 12.6. The molecule has 0 saturated carbocycles. The first-order valence-electron chi connectivity index (χ1n) is 7.94. The molecule has 0 aromatic carbocycles. The maximum Gasteiger partial charge on any atom is 0.406 e. The summed E-state index contributed by atoms with van der Waals surface area (Å²) < 4.78 is 38.9. The molecule has 0 unspecified atom stereocenters. The van der Waals surface area contributed by atoms with Gasteiger partial charge in [0.25, 0.3) is 0 Å². The van der Waals surface area contributed by atoms with Gasteiger partial charge in [-0.1, -0.05) is 20.8 Å². The second-order valence-corrected chi connectivity index (χ2v) is 7.36. The number of alkyl halides is 3. The Balaban J connectivity index is 1.96. The van der Waals surface area contributed by atoms with E-state index in [-0.39, 0.29) is 0 Å². The summed E-state index contributed by atoms with van der Waals surface area (Å²) in [6.07, 6.45) is 2.06. The first-order chi connectivity index (χ1) is 10.1. The van der Waals surface area contributed by atoms with Crippen molar-refractivity contribution < 1.29 is 13.2 Å². The Kier molecular flexibility index (Phi) is 5.20. The Morgan fingerprint density at radius 3 is 2.55 bits per heavy atom. The summed E-state index contributed by atoms with van der Waals surface area (Å²) in [5, 5.41) is 0. The van der Waals surface area contributed by atoms with Crippen LogP contribution in [0.3, 0.4) is 0 Å². The zero-order chi connectivity index (χ0) is 16.4. The highest BCUT2D eigenvalue weighted by molar-refractivity contribution is 4.94. The second kappa shape index (κ2) is 6.60. The van der Waals surface area contributed by atoms with Gasteiger partial charge >= 0.3 is 6.18 Å². The second-order valence-electron chi connectivity index (χ2n) is 7.36. The molecule has 1 aromatic rings. The Labute approximate surface area is 130 Å². The molecule has 1 aliphatic heterocycles. The van der Waals surface area contributed by atoms with E-state index in [1.54, 1.807) is 0 Å². The molecule has 0 spiro atoms. The van der Waals surface area contributed by atoms with Crippen molar-refractivity contribution in [2.45, 2.75) is 59.3 Å². The van der Waals surface area contributed by atoms with Gasteiger partial charge in [0.2, 0.25) is 0 Å². The van der Waals surface area contributed by atoms with Crippen LogP contribution in [0.5, 0.6) is 0 Å².